The van der Waals surface area contributed by atoms with Gasteiger partial charge in [0, 0.05) is 11.4 Å². The Balaban J connectivity index is 2.17. The summed E-state index contributed by atoms with van der Waals surface area (Å²) < 4.78 is 5.19. The van der Waals surface area contributed by atoms with Crippen LogP contribution >= 0.6 is 15.9 Å². The number of carbonyl (C=O) groups is 1. The summed E-state index contributed by atoms with van der Waals surface area (Å²) in [6.45, 7) is 6.38. The van der Waals surface area contributed by atoms with E-state index in [0.717, 1.165) is 6.54 Å². The van der Waals surface area contributed by atoms with Crippen LogP contribution in [0.2, 0.25) is 0 Å². The van der Waals surface area contributed by atoms with E-state index in [4.69, 9.17) is 4.74 Å². The number of amides is 1. The highest BCUT2D eigenvalue weighted by atomic mass is 79.9. The fourth-order valence-corrected chi connectivity index (χ4v) is 2.40. The van der Waals surface area contributed by atoms with Gasteiger partial charge in [-0.05, 0) is 52.4 Å². The highest BCUT2D eigenvalue weighted by molar-refractivity contribution is 9.09. The third-order valence-corrected chi connectivity index (χ3v) is 3.63. The Morgan fingerprint density at radius 3 is 2.38 bits per heavy atom. The minimum atomic E-state index is -0.405. The Morgan fingerprint density at radius 2 is 1.88 bits per heavy atom. The Morgan fingerprint density at radius 1 is 1.31 bits per heavy atom. The number of rotatable bonds is 2. The minimum Gasteiger partial charge on any atom is -0.444 e. The van der Waals surface area contributed by atoms with Crippen molar-refractivity contribution in [3.63, 3.8) is 0 Å². The lowest BCUT2D eigenvalue weighted by atomic mass is 9.89. The number of halogens is 1. The SMILES string of the molecule is CC(C)(C)OC(=O)NCC1CCC(Br)CC1. The van der Waals surface area contributed by atoms with Crippen molar-refractivity contribution in [1.82, 2.24) is 5.32 Å². The van der Waals surface area contributed by atoms with Gasteiger partial charge in [-0.3, -0.25) is 0 Å². The summed E-state index contributed by atoms with van der Waals surface area (Å²) in [6.07, 6.45) is 4.49. The van der Waals surface area contributed by atoms with Crippen LogP contribution in [0.4, 0.5) is 4.79 Å². The number of ether oxygens (including phenoxy) is 1. The Kier molecular flexibility index (Phi) is 5.09. The number of carbonyl (C=O) groups excluding carboxylic acids is 1. The highest BCUT2D eigenvalue weighted by Crippen LogP contribution is 2.28. The molecule has 1 rings (SSSR count). The molecule has 1 saturated carbocycles. The van der Waals surface area contributed by atoms with Crippen LogP contribution < -0.4 is 5.32 Å². The van der Waals surface area contributed by atoms with Crippen LogP contribution in [0.25, 0.3) is 0 Å². The Labute approximate surface area is 106 Å². The zero-order valence-corrected chi connectivity index (χ0v) is 12.0. The summed E-state index contributed by atoms with van der Waals surface area (Å²) in [5, 5.41) is 2.85. The van der Waals surface area contributed by atoms with Crippen molar-refractivity contribution in [1.29, 1.82) is 0 Å². The first-order valence-electron chi connectivity index (χ1n) is 5.98. The molecule has 94 valence electrons. The van der Waals surface area contributed by atoms with Gasteiger partial charge in [0.25, 0.3) is 0 Å². The molecule has 3 nitrogen and oxygen atoms in total. The molecule has 1 aliphatic carbocycles. The van der Waals surface area contributed by atoms with E-state index < -0.39 is 5.60 Å². The van der Waals surface area contributed by atoms with Gasteiger partial charge in [0.15, 0.2) is 0 Å². The molecule has 1 N–H and O–H groups in total. The van der Waals surface area contributed by atoms with Crippen LogP contribution in [0, 0.1) is 5.92 Å². The van der Waals surface area contributed by atoms with Crippen molar-refractivity contribution >= 4 is 22.0 Å². The fourth-order valence-electron chi connectivity index (χ4n) is 1.87. The molecule has 0 aromatic carbocycles. The molecular formula is C12H22BrNO2. The smallest absolute Gasteiger partial charge is 0.407 e. The zero-order valence-electron chi connectivity index (χ0n) is 10.4. The largest absolute Gasteiger partial charge is 0.444 e. The lowest BCUT2D eigenvalue weighted by Crippen LogP contribution is -2.36. The number of hydrogen-bond acceptors (Lipinski definition) is 2. The van der Waals surface area contributed by atoms with E-state index >= 15 is 0 Å². The molecule has 0 unspecified atom stereocenters. The van der Waals surface area contributed by atoms with E-state index in [9.17, 15) is 4.79 Å². The van der Waals surface area contributed by atoms with Crippen LogP contribution in [0.1, 0.15) is 46.5 Å². The molecule has 0 aliphatic heterocycles. The van der Waals surface area contributed by atoms with E-state index in [2.05, 4.69) is 21.2 Å². The molecule has 0 spiro atoms. The van der Waals surface area contributed by atoms with Gasteiger partial charge in [0.05, 0.1) is 0 Å². The molecule has 1 fully saturated rings. The van der Waals surface area contributed by atoms with Gasteiger partial charge < -0.3 is 10.1 Å². The van der Waals surface area contributed by atoms with E-state index in [0.29, 0.717) is 10.7 Å². The first-order chi connectivity index (χ1) is 7.37. The van der Waals surface area contributed by atoms with Gasteiger partial charge in [-0.2, -0.15) is 0 Å². The lowest BCUT2D eigenvalue weighted by molar-refractivity contribution is 0.0515. The second kappa shape index (κ2) is 5.89. The predicted molar refractivity (Wildman–Crippen MR) is 68.9 cm³/mol. The van der Waals surface area contributed by atoms with Crippen LogP contribution in [-0.4, -0.2) is 23.1 Å². The number of nitrogens with one attached hydrogen (secondary N) is 1. The van der Waals surface area contributed by atoms with E-state index in [1.165, 1.54) is 25.7 Å². The van der Waals surface area contributed by atoms with E-state index in [-0.39, 0.29) is 6.09 Å². The average molecular weight is 292 g/mol. The summed E-state index contributed by atoms with van der Waals surface area (Å²) in [5.41, 5.74) is -0.405. The molecule has 0 heterocycles. The molecule has 4 heteroatoms. The molecule has 16 heavy (non-hydrogen) atoms. The number of alkyl carbamates (subject to hydrolysis) is 1. The summed E-state index contributed by atoms with van der Waals surface area (Å²) >= 11 is 3.62. The highest BCUT2D eigenvalue weighted by Gasteiger charge is 2.21. The van der Waals surface area contributed by atoms with E-state index in [1.807, 2.05) is 20.8 Å². The van der Waals surface area contributed by atoms with Gasteiger partial charge in [0.1, 0.15) is 5.60 Å². The third kappa shape index (κ3) is 5.73. The van der Waals surface area contributed by atoms with Crippen molar-refractivity contribution in [3.8, 4) is 0 Å². The maximum Gasteiger partial charge on any atom is 0.407 e. The quantitative estimate of drug-likeness (QED) is 0.791. The summed E-state index contributed by atoms with van der Waals surface area (Å²) in [6, 6.07) is 0. The Hall–Kier alpha value is -0.250. The molecule has 1 amide bonds. The Bertz CT molecular complexity index is 230. The monoisotopic (exact) mass is 291 g/mol. The van der Waals surface area contributed by atoms with Gasteiger partial charge in [-0.15, -0.1) is 0 Å². The molecule has 0 aromatic heterocycles. The third-order valence-electron chi connectivity index (χ3n) is 2.71. The molecule has 0 radical (unpaired) electrons. The van der Waals surface area contributed by atoms with Crippen LogP contribution in [0.15, 0.2) is 0 Å². The topological polar surface area (TPSA) is 38.3 Å². The zero-order chi connectivity index (χ0) is 12.2. The first-order valence-corrected chi connectivity index (χ1v) is 6.89. The molecule has 0 saturated heterocycles. The average Bonchev–Trinajstić information content (AvgIpc) is 2.14. The molecule has 0 aromatic rings. The molecule has 0 bridgehead atoms. The van der Waals surface area contributed by atoms with Crippen LogP contribution in [0.5, 0.6) is 0 Å². The maximum absolute atomic E-state index is 11.4. The summed E-state index contributed by atoms with van der Waals surface area (Å²) in [5.74, 6) is 0.612. The summed E-state index contributed by atoms with van der Waals surface area (Å²) in [4.78, 5) is 12.1. The van der Waals surface area contributed by atoms with Gasteiger partial charge in [0.2, 0.25) is 0 Å². The fraction of sp³-hybridized carbons (Fsp3) is 0.917. The molecule has 1 aliphatic rings. The van der Waals surface area contributed by atoms with E-state index in [1.54, 1.807) is 0 Å². The van der Waals surface area contributed by atoms with Crippen LogP contribution in [0.3, 0.4) is 0 Å². The van der Waals surface area contributed by atoms with Crippen molar-refractivity contribution < 1.29 is 9.53 Å². The molecular weight excluding hydrogens is 270 g/mol. The van der Waals surface area contributed by atoms with Crippen molar-refractivity contribution in [2.24, 2.45) is 5.92 Å². The minimum absolute atomic E-state index is 0.298. The second-order valence-corrected chi connectivity index (χ2v) is 6.80. The first kappa shape index (κ1) is 13.8. The predicted octanol–water partition coefficient (Wildman–Crippen LogP) is 3.46. The number of hydrogen-bond donors (Lipinski definition) is 1. The second-order valence-electron chi connectivity index (χ2n) is 5.50. The normalized spacial score (nSPS) is 26.2. The van der Waals surface area contributed by atoms with Gasteiger partial charge in [-0.25, -0.2) is 4.79 Å². The van der Waals surface area contributed by atoms with Crippen molar-refractivity contribution in [2.75, 3.05) is 6.54 Å². The maximum atomic E-state index is 11.4. The van der Waals surface area contributed by atoms with Gasteiger partial charge >= 0.3 is 6.09 Å². The van der Waals surface area contributed by atoms with Crippen molar-refractivity contribution in [3.05, 3.63) is 0 Å². The lowest BCUT2D eigenvalue weighted by Gasteiger charge is -2.26. The standard InChI is InChI=1S/C12H22BrNO2/c1-12(2,3)16-11(15)14-8-9-4-6-10(13)7-5-9/h9-10H,4-8H2,1-3H3,(H,14,15). The van der Waals surface area contributed by atoms with Crippen molar-refractivity contribution in [2.45, 2.75) is 56.9 Å². The summed E-state index contributed by atoms with van der Waals surface area (Å²) in [7, 11) is 0. The van der Waals surface area contributed by atoms with Crippen LogP contribution in [-0.2, 0) is 4.74 Å². The number of alkyl halides is 1. The molecule has 0 atom stereocenters. The van der Waals surface area contributed by atoms with Gasteiger partial charge in [-0.1, -0.05) is 15.9 Å².